The van der Waals surface area contributed by atoms with Gasteiger partial charge < -0.3 is 4.84 Å². The lowest BCUT2D eigenvalue weighted by Gasteiger charge is -2.23. The number of unbranched alkanes of at least 4 members (excludes halogenated alkanes) is 4. The van der Waals surface area contributed by atoms with Gasteiger partial charge in [0.2, 0.25) is 0 Å². The molecule has 0 aromatic rings. The largest absolute Gasteiger partial charge is 0.338 e. The lowest BCUT2D eigenvalue weighted by Crippen LogP contribution is -2.41. The molecule has 0 bridgehead atoms. The van der Waals surface area contributed by atoms with Gasteiger partial charge >= 0.3 is 5.97 Å². The quantitative estimate of drug-likeness (QED) is 0.251. The fraction of sp³-hybridized carbons (Fsp3) is 0.560. The number of piperidine rings is 1. The van der Waals surface area contributed by atoms with Crippen LogP contribution >= 0.6 is 0 Å². The van der Waals surface area contributed by atoms with Crippen LogP contribution in [-0.4, -0.2) is 29.3 Å². The third-order valence-electron chi connectivity index (χ3n) is 4.64. The van der Waals surface area contributed by atoms with Gasteiger partial charge in [-0.2, -0.15) is 5.06 Å². The molecule has 1 amide bonds. The van der Waals surface area contributed by atoms with Crippen molar-refractivity contribution in [3.05, 3.63) is 48.6 Å². The van der Waals surface area contributed by atoms with E-state index in [2.05, 4.69) is 49.5 Å². The van der Waals surface area contributed by atoms with Gasteiger partial charge in [-0.15, -0.1) is 0 Å². The molecule has 1 fully saturated rings. The third-order valence-corrected chi connectivity index (χ3v) is 4.64. The highest BCUT2D eigenvalue weighted by Gasteiger charge is 2.26. The van der Waals surface area contributed by atoms with Crippen LogP contribution in [-0.2, 0) is 19.2 Å². The fourth-order valence-electron chi connectivity index (χ4n) is 2.88. The molecule has 166 valence electrons. The molecule has 0 aromatic heterocycles. The number of carbonyl (C=O) groups excluding carboxylic acids is 3. The van der Waals surface area contributed by atoms with Gasteiger partial charge in [-0.3, -0.25) is 9.59 Å². The molecule has 5 nitrogen and oxygen atoms in total. The van der Waals surface area contributed by atoms with Crippen LogP contribution in [0.2, 0.25) is 0 Å². The molecule has 0 radical (unpaired) electrons. The summed E-state index contributed by atoms with van der Waals surface area (Å²) in [5, 5.41) is 0.896. The van der Waals surface area contributed by atoms with Gasteiger partial charge in [0, 0.05) is 19.3 Å². The zero-order chi connectivity index (χ0) is 21.9. The predicted molar refractivity (Wildman–Crippen MR) is 120 cm³/mol. The second-order valence-corrected chi connectivity index (χ2v) is 7.41. The Labute approximate surface area is 181 Å². The summed E-state index contributed by atoms with van der Waals surface area (Å²) in [4.78, 5) is 39.6. The molecular weight excluding hydrogens is 378 g/mol. The molecule has 0 unspecified atom stereocenters. The third kappa shape index (κ3) is 13.7. The minimum Gasteiger partial charge on any atom is -0.338 e. The fourth-order valence-corrected chi connectivity index (χ4v) is 2.88. The lowest BCUT2D eigenvalue weighted by molar-refractivity contribution is -0.201. The Kier molecular flexibility index (Phi) is 14.9. The van der Waals surface area contributed by atoms with Crippen molar-refractivity contribution in [1.29, 1.82) is 0 Å². The highest BCUT2D eigenvalue weighted by Crippen LogP contribution is 2.10. The van der Waals surface area contributed by atoms with Gasteiger partial charge in [-0.1, -0.05) is 68.4 Å². The summed E-state index contributed by atoms with van der Waals surface area (Å²) in [5.41, 5.74) is 0. The van der Waals surface area contributed by atoms with Crippen molar-refractivity contribution in [2.45, 2.75) is 84.0 Å². The SMILES string of the molecule is CCCCC/C=C\C/C=C\C/C=C\C/C=C\CCCC(=O)ON1CC(=O)CCC1=O. The maximum absolute atomic E-state index is 11.8. The number of hydroxylamine groups is 2. The summed E-state index contributed by atoms with van der Waals surface area (Å²) < 4.78 is 0. The molecule has 0 spiro atoms. The average Bonchev–Trinajstić information content (AvgIpc) is 2.73. The Hall–Kier alpha value is -2.43. The summed E-state index contributed by atoms with van der Waals surface area (Å²) in [6.45, 7) is 2.10. The van der Waals surface area contributed by atoms with E-state index < -0.39 is 5.97 Å². The molecule has 1 heterocycles. The molecule has 0 N–H and O–H groups in total. The van der Waals surface area contributed by atoms with E-state index in [4.69, 9.17) is 4.84 Å². The molecule has 1 rings (SSSR count). The first-order valence-corrected chi connectivity index (χ1v) is 11.3. The number of amides is 1. The van der Waals surface area contributed by atoms with Gasteiger partial charge in [0.05, 0.1) is 0 Å². The molecule has 0 saturated carbocycles. The Bertz CT molecular complexity index is 631. The highest BCUT2D eigenvalue weighted by atomic mass is 16.7. The number of allylic oxidation sites excluding steroid dienone is 8. The zero-order valence-electron chi connectivity index (χ0n) is 18.4. The van der Waals surface area contributed by atoms with Crippen molar-refractivity contribution < 1.29 is 19.2 Å². The van der Waals surface area contributed by atoms with Crippen molar-refractivity contribution in [3.8, 4) is 0 Å². The molecule has 1 aliphatic heterocycles. The molecule has 5 heteroatoms. The summed E-state index contributed by atoms with van der Waals surface area (Å²) in [7, 11) is 0. The smallest absolute Gasteiger partial charge is 0.332 e. The summed E-state index contributed by atoms with van der Waals surface area (Å²) >= 11 is 0. The number of Topliss-reactive ketones (excluding diaryl/α,β-unsaturated/α-hetero) is 1. The molecule has 30 heavy (non-hydrogen) atoms. The summed E-state index contributed by atoms with van der Waals surface area (Å²) in [6.07, 6.45) is 27.2. The Morgan fingerprint density at radius 1 is 0.833 bits per heavy atom. The van der Waals surface area contributed by atoms with E-state index in [9.17, 15) is 14.4 Å². The van der Waals surface area contributed by atoms with Crippen molar-refractivity contribution in [1.82, 2.24) is 5.06 Å². The minimum absolute atomic E-state index is 0.0801. The van der Waals surface area contributed by atoms with Crippen LogP contribution in [0.15, 0.2) is 48.6 Å². The molecule has 1 saturated heterocycles. The van der Waals surface area contributed by atoms with Crippen molar-refractivity contribution >= 4 is 17.7 Å². The average molecular weight is 416 g/mol. The topological polar surface area (TPSA) is 63.7 Å². The van der Waals surface area contributed by atoms with E-state index in [1.165, 1.54) is 25.7 Å². The number of hydrogen-bond acceptors (Lipinski definition) is 4. The first-order chi connectivity index (χ1) is 14.6. The minimum atomic E-state index is -0.464. The first kappa shape index (κ1) is 25.6. The van der Waals surface area contributed by atoms with E-state index in [1.54, 1.807) is 0 Å². The van der Waals surface area contributed by atoms with Crippen molar-refractivity contribution in [2.24, 2.45) is 0 Å². The van der Waals surface area contributed by atoms with Crippen LogP contribution in [0.3, 0.4) is 0 Å². The molecule has 0 atom stereocenters. The molecule has 0 aromatic carbocycles. The van der Waals surface area contributed by atoms with E-state index in [0.717, 1.165) is 30.7 Å². The number of nitrogens with zero attached hydrogens (tertiary/aromatic N) is 1. The number of carbonyl (C=O) groups is 3. The van der Waals surface area contributed by atoms with Crippen LogP contribution in [0, 0.1) is 0 Å². The van der Waals surface area contributed by atoms with Gasteiger partial charge in [0.15, 0.2) is 5.78 Å². The van der Waals surface area contributed by atoms with Crippen LogP contribution < -0.4 is 0 Å². The Morgan fingerprint density at radius 3 is 2.00 bits per heavy atom. The van der Waals surface area contributed by atoms with Crippen molar-refractivity contribution in [3.63, 3.8) is 0 Å². The van der Waals surface area contributed by atoms with E-state index in [-0.39, 0.29) is 37.5 Å². The van der Waals surface area contributed by atoms with Gasteiger partial charge in [0.25, 0.3) is 5.91 Å². The second kappa shape index (κ2) is 17.4. The molecule has 1 aliphatic rings. The Balaban J connectivity index is 1.99. The van der Waals surface area contributed by atoms with Crippen LogP contribution in [0.5, 0.6) is 0 Å². The monoisotopic (exact) mass is 415 g/mol. The maximum Gasteiger partial charge on any atom is 0.332 e. The van der Waals surface area contributed by atoms with Gasteiger partial charge in [0.1, 0.15) is 6.54 Å². The van der Waals surface area contributed by atoms with Crippen LogP contribution in [0.1, 0.15) is 84.0 Å². The zero-order valence-corrected chi connectivity index (χ0v) is 18.4. The normalized spacial score (nSPS) is 15.4. The number of ketones is 1. The standard InChI is InChI=1S/C25H37NO4/c1-2-3-4-5-6-7-8-9-10-11-12-13-14-15-16-17-18-19-25(29)30-26-22-23(27)20-21-24(26)28/h6-7,9-10,12-13,15-16H,2-5,8,11,14,17-22H2,1H3/b7-6-,10-9-,13-12-,16-15-. The maximum atomic E-state index is 11.8. The molecule has 0 aliphatic carbocycles. The van der Waals surface area contributed by atoms with Crippen molar-refractivity contribution in [2.75, 3.05) is 6.54 Å². The van der Waals surface area contributed by atoms with E-state index in [1.807, 2.05) is 6.08 Å². The van der Waals surface area contributed by atoms with E-state index >= 15 is 0 Å². The summed E-state index contributed by atoms with van der Waals surface area (Å²) in [5.74, 6) is -0.846. The van der Waals surface area contributed by atoms with Crippen LogP contribution in [0.4, 0.5) is 0 Å². The van der Waals surface area contributed by atoms with Crippen LogP contribution in [0.25, 0.3) is 0 Å². The van der Waals surface area contributed by atoms with E-state index in [0.29, 0.717) is 6.42 Å². The first-order valence-electron chi connectivity index (χ1n) is 11.3. The number of hydrogen-bond donors (Lipinski definition) is 0. The summed E-state index contributed by atoms with van der Waals surface area (Å²) in [6, 6.07) is 0. The van der Waals surface area contributed by atoms with Gasteiger partial charge in [-0.25, -0.2) is 4.79 Å². The molecular formula is C25H37NO4. The highest BCUT2D eigenvalue weighted by molar-refractivity contribution is 5.92. The predicted octanol–water partition coefficient (Wildman–Crippen LogP) is 5.78. The number of rotatable bonds is 15. The Morgan fingerprint density at radius 2 is 1.40 bits per heavy atom. The lowest BCUT2D eigenvalue weighted by atomic mass is 10.1. The second-order valence-electron chi connectivity index (χ2n) is 7.41. The van der Waals surface area contributed by atoms with Gasteiger partial charge in [-0.05, 0) is 44.9 Å².